The third kappa shape index (κ3) is 4.38. The molecule has 1 aliphatic carbocycles. The van der Waals surface area contributed by atoms with E-state index in [9.17, 15) is 9.59 Å². The Labute approximate surface area is 112 Å². The Kier molecular flexibility index (Phi) is 5.01. The predicted molar refractivity (Wildman–Crippen MR) is 68.8 cm³/mol. The number of nitrogens with one attached hydrogen (secondary N) is 2. The highest BCUT2D eigenvalue weighted by atomic mass is 16.5. The van der Waals surface area contributed by atoms with E-state index < -0.39 is 5.97 Å². The normalized spacial score (nSPS) is 28.0. The van der Waals surface area contributed by atoms with Crippen LogP contribution in [0, 0.1) is 11.8 Å². The summed E-state index contributed by atoms with van der Waals surface area (Å²) in [6, 6.07) is -0.182. The van der Waals surface area contributed by atoms with Crippen molar-refractivity contribution in [3.63, 3.8) is 0 Å². The van der Waals surface area contributed by atoms with Crippen LogP contribution >= 0.6 is 0 Å². The second-order valence-corrected chi connectivity index (χ2v) is 5.46. The fourth-order valence-electron chi connectivity index (χ4n) is 2.76. The second-order valence-electron chi connectivity index (χ2n) is 5.46. The zero-order valence-corrected chi connectivity index (χ0v) is 11.1. The first kappa shape index (κ1) is 14.1. The number of hydrogen-bond acceptors (Lipinski definition) is 3. The van der Waals surface area contributed by atoms with Crippen molar-refractivity contribution in [2.24, 2.45) is 11.8 Å². The first-order valence-electron chi connectivity index (χ1n) is 7.00. The van der Waals surface area contributed by atoms with Gasteiger partial charge in [0, 0.05) is 25.8 Å². The standard InChI is InChI=1S/C13H22N2O4/c16-12(17)10-1-2-11(7-10)15-13(18)14-8-9-3-5-19-6-4-9/h9-11H,1-8H2,(H,16,17)(H2,14,15,18). The van der Waals surface area contributed by atoms with Gasteiger partial charge in [0.1, 0.15) is 0 Å². The van der Waals surface area contributed by atoms with Crippen LogP contribution in [-0.4, -0.2) is 42.9 Å². The molecule has 1 saturated heterocycles. The number of carbonyl (C=O) groups is 2. The Bertz CT molecular complexity index is 329. The maximum Gasteiger partial charge on any atom is 0.315 e. The highest BCUT2D eigenvalue weighted by molar-refractivity contribution is 5.75. The molecule has 0 bridgehead atoms. The molecule has 2 aliphatic rings. The smallest absolute Gasteiger partial charge is 0.315 e. The second kappa shape index (κ2) is 6.75. The molecule has 0 aromatic rings. The minimum Gasteiger partial charge on any atom is -0.481 e. The quantitative estimate of drug-likeness (QED) is 0.710. The van der Waals surface area contributed by atoms with E-state index in [-0.39, 0.29) is 18.0 Å². The molecule has 2 rings (SSSR count). The minimum atomic E-state index is -0.757. The van der Waals surface area contributed by atoms with Crippen molar-refractivity contribution in [1.29, 1.82) is 0 Å². The number of rotatable bonds is 4. The number of aliphatic carboxylic acids is 1. The van der Waals surface area contributed by atoms with Gasteiger partial charge in [-0.3, -0.25) is 4.79 Å². The summed E-state index contributed by atoms with van der Waals surface area (Å²) in [5.41, 5.74) is 0. The van der Waals surface area contributed by atoms with E-state index in [2.05, 4.69) is 10.6 Å². The number of carbonyl (C=O) groups excluding carboxylic acids is 1. The van der Waals surface area contributed by atoms with Gasteiger partial charge in [0.05, 0.1) is 5.92 Å². The fraction of sp³-hybridized carbons (Fsp3) is 0.846. The third-order valence-corrected chi connectivity index (χ3v) is 4.01. The molecule has 6 nitrogen and oxygen atoms in total. The minimum absolute atomic E-state index is 0.00390. The van der Waals surface area contributed by atoms with Gasteiger partial charge in [-0.1, -0.05) is 0 Å². The Morgan fingerprint density at radius 1 is 1.16 bits per heavy atom. The average molecular weight is 270 g/mol. The van der Waals surface area contributed by atoms with Gasteiger partial charge in [0.15, 0.2) is 0 Å². The van der Waals surface area contributed by atoms with Crippen LogP contribution in [0.1, 0.15) is 32.1 Å². The molecule has 0 radical (unpaired) electrons. The van der Waals surface area contributed by atoms with Gasteiger partial charge in [-0.2, -0.15) is 0 Å². The Hall–Kier alpha value is -1.30. The first-order valence-corrected chi connectivity index (χ1v) is 7.00. The zero-order valence-electron chi connectivity index (χ0n) is 11.1. The molecular formula is C13H22N2O4. The molecule has 1 saturated carbocycles. The maximum atomic E-state index is 11.7. The summed E-state index contributed by atoms with van der Waals surface area (Å²) in [5.74, 6) is -0.567. The van der Waals surface area contributed by atoms with E-state index in [1.807, 2.05) is 0 Å². The van der Waals surface area contributed by atoms with E-state index in [1.165, 1.54) is 0 Å². The fourth-order valence-corrected chi connectivity index (χ4v) is 2.76. The van der Waals surface area contributed by atoms with Crippen molar-refractivity contribution >= 4 is 12.0 Å². The monoisotopic (exact) mass is 270 g/mol. The van der Waals surface area contributed by atoms with E-state index in [4.69, 9.17) is 9.84 Å². The summed E-state index contributed by atoms with van der Waals surface area (Å²) >= 11 is 0. The molecular weight excluding hydrogens is 248 g/mol. The van der Waals surface area contributed by atoms with Gasteiger partial charge < -0.3 is 20.5 Å². The zero-order chi connectivity index (χ0) is 13.7. The van der Waals surface area contributed by atoms with Crippen molar-refractivity contribution in [3.8, 4) is 0 Å². The lowest BCUT2D eigenvalue weighted by molar-refractivity contribution is -0.141. The lowest BCUT2D eigenvalue weighted by atomic mass is 10.0. The molecule has 108 valence electrons. The van der Waals surface area contributed by atoms with Gasteiger partial charge >= 0.3 is 12.0 Å². The van der Waals surface area contributed by atoms with Crippen LogP contribution in [0.15, 0.2) is 0 Å². The van der Waals surface area contributed by atoms with Crippen molar-refractivity contribution in [3.05, 3.63) is 0 Å². The van der Waals surface area contributed by atoms with Crippen LogP contribution < -0.4 is 10.6 Å². The SMILES string of the molecule is O=C(NCC1CCOCC1)NC1CCC(C(=O)O)C1. The summed E-state index contributed by atoms with van der Waals surface area (Å²) in [6.07, 6.45) is 3.93. The molecule has 0 aromatic heterocycles. The summed E-state index contributed by atoms with van der Waals surface area (Å²) in [7, 11) is 0. The van der Waals surface area contributed by atoms with Crippen LogP contribution in [0.4, 0.5) is 4.79 Å². The van der Waals surface area contributed by atoms with Crippen molar-refractivity contribution in [2.75, 3.05) is 19.8 Å². The topological polar surface area (TPSA) is 87.7 Å². The summed E-state index contributed by atoms with van der Waals surface area (Å²) < 4.78 is 5.26. The van der Waals surface area contributed by atoms with Gasteiger partial charge in [0.25, 0.3) is 0 Å². The molecule has 0 spiro atoms. The number of ether oxygens (including phenoxy) is 1. The molecule has 2 unspecified atom stereocenters. The average Bonchev–Trinajstić information content (AvgIpc) is 2.86. The molecule has 2 amide bonds. The molecule has 2 fully saturated rings. The molecule has 6 heteroatoms. The van der Waals surface area contributed by atoms with Gasteiger partial charge in [-0.15, -0.1) is 0 Å². The highest BCUT2D eigenvalue weighted by Gasteiger charge is 2.30. The lowest BCUT2D eigenvalue weighted by Crippen LogP contribution is -2.43. The summed E-state index contributed by atoms with van der Waals surface area (Å²) in [4.78, 5) is 22.5. The maximum absolute atomic E-state index is 11.7. The molecule has 1 aliphatic heterocycles. The lowest BCUT2D eigenvalue weighted by Gasteiger charge is -2.22. The largest absolute Gasteiger partial charge is 0.481 e. The number of amides is 2. The first-order chi connectivity index (χ1) is 9.15. The van der Waals surface area contributed by atoms with E-state index in [1.54, 1.807) is 0 Å². The number of carboxylic acids is 1. The number of carboxylic acid groups (broad SMARTS) is 1. The third-order valence-electron chi connectivity index (χ3n) is 4.01. The van der Waals surface area contributed by atoms with E-state index in [0.717, 1.165) is 32.5 Å². The molecule has 2 atom stereocenters. The van der Waals surface area contributed by atoms with Crippen LogP contribution in [0.3, 0.4) is 0 Å². The van der Waals surface area contributed by atoms with Crippen molar-refractivity contribution < 1.29 is 19.4 Å². The molecule has 1 heterocycles. The van der Waals surface area contributed by atoms with E-state index in [0.29, 0.717) is 25.3 Å². The van der Waals surface area contributed by atoms with Gasteiger partial charge in [-0.05, 0) is 38.0 Å². The highest BCUT2D eigenvalue weighted by Crippen LogP contribution is 2.25. The summed E-state index contributed by atoms with van der Waals surface area (Å²) in [5, 5.41) is 14.6. The van der Waals surface area contributed by atoms with Crippen molar-refractivity contribution in [2.45, 2.75) is 38.1 Å². The number of urea groups is 1. The van der Waals surface area contributed by atoms with Crippen LogP contribution in [0.5, 0.6) is 0 Å². The predicted octanol–water partition coefficient (Wildman–Crippen LogP) is 0.965. The van der Waals surface area contributed by atoms with Gasteiger partial charge in [-0.25, -0.2) is 4.79 Å². The van der Waals surface area contributed by atoms with Gasteiger partial charge in [0.2, 0.25) is 0 Å². The molecule has 19 heavy (non-hydrogen) atoms. The van der Waals surface area contributed by atoms with Crippen LogP contribution in [0.2, 0.25) is 0 Å². The Morgan fingerprint density at radius 2 is 1.89 bits per heavy atom. The van der Waals surface area contributed by atoms with Crippen LogP contribution in [0.25, 0.3) is 0 Å². The van der Waals surface area contributed by atoms with Crippen LogP contribution in [-0.2, 0) is 9.53 Å². The van der Waals surface area contributed by atoms with E-state index >= 15 is 0 Å². The molecule has 0 aromatic carbocycles. The Balaban J connectivity index is 1.63. The number of hydrogen-bond donors (Lipinski definition) is 3. The van der Waals surface area contributed by atoms with Crippen molar-refractivity contribution in [1.82, 2.24) is 10.6 Å². The molecule has 3 N–H and O–H groups in total. The Morgan fingerprint density at radius 3 is 2.53 bits per heavy atom. The summed E-state index contributed by atoms with van der Waals surface area (Å²) in [6.45, 7) is 2.22.